The van der Waals surface area contributed by atoms with E-state index in [1.807, 2.05) is 0 Å². The molecule has 0 spiro atoms. The van der Waals surface area contributed by atoms with Crippen LogP contribution in [-0.4, -0.2) is 11.9 Å². The van der Waals surface area contributed by atoms with E-state index in [0.29, 0.717) is 0 Å². The second-order valence-corrected chi connectivity index (χ2v) is 2.19. The molecule has 1 heterocycles. The third-order valence-electron chi connectivity index (χ3n) is 1.06. The maximum atomic E-state index is 5.12. The zero-order valence-electron chi connectivity index (χ0n) is 6.77. The van der Waals surface area contributed by atoms with Gasteiger partial charge in [0.1, 0.15) is 0 Å². The highest BCUT2D eigenvalue weighted by Crippen LogP contribution is 2.22. The van der Waals surface area contributed by atoms with Crippen LogP contribution in [0.5, 0.6) is 0 Å². The van der Waals surface area contributed by atoms with Gasteiger partial charge in [-0.25, -0.2) is 0 Å². The summed E-state index contributed by atoms with van der Waals surface area (Å²) >= 11 is 0. The molecule has 0 unspecified atom stereocenters. The molecule has 1 rings (SSSR count). The lowest BCUT2D eigenvalue weighted by atomic mass is 10.6. The molecule has 0 atom stereocenters. The van der Waals surface area contributed by atoms with Gasteiger partial charge < -0.3 is 27.4 Å². The highest BCUT2D eigenvalue weighted by Gasteiger charge is 1.98. The Labute approximate surface area is 74.1 Å². The predicted octanol–water partition coefficient (Wildman–Crippen LogP) is -0.911. The van der Waals surface area contributed by atoms with Gasteiger partial charge in [-0.1, -0.05) is 0 Å². The third-order valence-corrected chi connectivity index (χ3v) is 1.06. The van der Waals surface area contributed by atoms with Crippen LogP contribution in [0, 0.1) is 0 Å². The highest BCUT2D eigenvalue weighted by molar-refractivity contribution is 5.79. The average molecular weight is 182 g/mol. The molecule has 1 aromatic heterocycles. The lowest BCUT2D eigenvalue weighted by Gasteiger charge is -1.88. The van der Waals surface area contributed by atoms with Crippen LogP contribution in [0.4, 0.5) is 11.8 Å². The molecule has 0 aromatic carbocycles. The van der Waals surface area contributed by atoms with Crippen molar-refractivity contribution >= 4 is 23.7 Å². The van der Waals surface area contributed by atoms with Gasteiger partial charge in [-0.15, -0.1) is 0 Å². The number of rotatable bonds is 2. The van der Waals surface area contributed by atoms with E-state index in [-0.39, 0.29) is 23.7 Å². The second-order valence-electron chi connectivity index (χ2n) is 2.19. The highest BCUT2D eigenvalue weighted by atomic mass is 16.4. The van der Waals surface area contributed by atoms with Gasteiger partial charge in [0.15, 0.2) is 11.9 Å². The first-order valence-corrected chi connectivity index (χ1v) is 3.37. The number of guanidine groups is 2. The summed E-state index contributed by atoms with van der Waals surface area (Å²) in [4.78, 5) is 7.28. The van der Waals surface area contributed by atoms with Crippen LogP contribution in [-0.2, 0) is 0 Å². The topological polar surface area (TPSA) is 142 Å². The average Bonchev–Trinajstić information content (AvgIpc) is 2.33. The zero-order valence-corrected chi connectivity index (χ0v) is 6.77. The molecule has 0 bridgehead atoms. The molecule has 0 aliphatic carbocycles. The molecule has 0 aliphatic heterocycles. The summed E-state index contributed by atoms with van der Waals surface area (Å²) in [6, 6.07) is 3.09. The number of hydrogen-bond donors (Lipinski definition) is 4. The second kappa shape index (κ2) is 3.48. The van der Waals surface area contributed by atoms with Crippen LogP contribution in [0.15, 0.2) is 26.5 Å². The quantitative estimate of drug-likeness (QED) is 0.346. The van der Waals surface area contributed by atoms with Crippen molar-refractivity contribution in [3.05, 3.63) is 12.1 Å². The van der Waals surface area contributed by atoms with Crippen LogP contribution in [0.25, 0.3) is 0 Å². The summed E-state index contributed by atoms with van der Waals surface area (Å²) < 4.78 is 5.01. The van der Waals surface area contributed by atoms with Crippen molar-refractivity contribution in [2.24, 2.45) is 32.9 Å². The van der Waals surface area contributed by atoms with Gasteiger partial charge >= 0.3 is 0 Å². The number of aliphatic imine (C=N–C) groups is 2. The van der Waals surface area contributed by atoms with E-state index >= 15 is 0 Å². The normalized spacial score (nSPS) is 9.23. The Morgan fingerprint density at radius 1 is 0.923 bits per heavy atom. The molecule has 7 heteroatoms. The molecule has 0 aliphatic rings. The number of nitrogens with two attached hydrogens (primary N) is 4. The van der Waals surface area contributed by atoms with Crippen LogP contribution < -0.4 is 22.9 Å². The number of furan rings is 1. The summed E-state index contributed by atoms with van der Waals surface area (Å²) in [7, 11) is 0. The third kappa shape index (κ3) is 2.73. The smallest absolute Gasteiger partial charge is 0.224 e. The van der Waals surface area contributed by atoms with E-state index in [1.165, 1.54) is 0 Å². The molecular weight excluding hydrogens is 172 g/mol. The van der Waals surface area contributed by atoms with Crippen molar-refractivity contribution < 1.29 is 4.42 Å². The molecule has 0 saturated heterocycles. The first kappa shape index (κ1) is 8.91. The summed E-state index contributed by atoms with van der Waals surface area (Å²) in [5.74, 6) is 0.316. The Bertz CT molecular complexity index is 311. The van der Waals surface area contributed by atoms with Crippen molar-refractivity contribution in [1.82, 2.24) is 0 Å². The molecule has 1 aromatic rings. The zero-order chi connectivity index (χ0) is 9.84. The van der Waals surface area contributed by atoms with Crippen molar-refractivity contribution in [2.45, 2.75) is 0 Å². The van der Waals surface area contributed by atoms with Gasteiger partial charge in [-0.05, 0) is 0 Å². The standard InChI is InChI=1S/C6H10N6O/c7-5(8)11-3-1-2-4(13-3)12-6(9)10/h1-2H,(H4,7,8,11)(H4,9,10,12). The number of nitrogens with zero attached hydrogens (tertiary/aromatic N) is 2. The Morgan fingerprint density at radius 3 is 1.62 bits per heavy atom. The molecule has 13 heavy (non-hydrogen) atoms. The lowest BCUT2D eigenvalue weighted by Crippen LogP contribution is -2.21. The maximum Gasteiger partial charge on any atom is 0.224 e. The molecule has 0 radical (unpaired) electrons. The summed E-state index contributed by atoms with van der Waals surface area (Å²) in [5, 5.41) is 0. The largest absolute Gasteiger partial charge is 0.420 e. The van der Waals surface area contributed by atoms with Crippen LogP contribution in [0.2, 0.25) is 0 Å². The van der Waals surface area contributed by atoms with Crippen molar-refractivity contribution in [3.8, 4) is 0 Å². The maximum absolute atomic E-state index is 5.12. The fourth-order valence-corrected chi connectivity index (χ4v) is 0.692. The monoisotopic (exact) mass is 182 g/mol. The molecule has 0 fully saturated rings. The Morgan fingerprint density at radius 2 is 1.31 bits per heavy atom. The Balaban J connectivity index is 2.87. The van der Waals surface area contributed by atoms with Gasteiger partial charge in [0, 0.05) is 12.1 Å². The van der Waals surface area contributed by atoms with Crippen molar-refractivity contribution in [3.63, 3.8) is 0 Å². The van der Waals surface area contributed by atoms with Gasteiger partial charge in [0.05, 0.1) is 0 Å². The Kier molecular flexibility index (Phi) is 2.38. The summed E-state index contributed by atoms with van der Waals surface area (Å²) in [6.07, 6.45) is 0. The minimum atomic E-state index is -0.0920. The first-order chi connectivity index (χ1) is 6.08. The molecule has 0 amide bonds. The molecule has 70 valence electrons. The fourth-order valence-electron chi connectivity index (χ4n) is 0.692. The van der Waals surface area contributed by atoms with Gasteiger partial charge in [0.25, 0.3) is 0 Å². The molecular formula is C6H10N6O. The van der Waals surface area contributed by atoms with E-state index in [2.05, 4.69) is 9.98 Å². The summed E-state index contributed by atoms with van der Waals surface area (Å²) in [6.45, 7) is 0. The Hall–Kier alpha value is -2.18. The molecule has 8 N–H and O–H groups in total. The van der Waals surface area contributed by atoms with E-state index < -0.39 is 0 Å². The van der Waals surface area contributed by atoms with E-state index in [1.54, 1.807) is 12.1 Å². The van der Waals surface area contributed by atoms with Crippen LogP contribution in [0.3, 0.4) is 0 Å². The van der Waals surface area contributed by atoms with E-state index in [0.717, 1.165) is 0 Å². The molecule has 7 nitrogen and oxygen atoms in total. The predicted molar refractivity (Wildman–Crippen MR) is 49.6 cm³/mol. The first-order valence-electron chi connectivity index (χ1n) is 3.37. The fraction of sp³-hybridized carbons (Fsp3) is 0. The number of hydrogen-bond acceptors (Lipinski definition) is 3. The van der Waals surface area contributed by atoms with E-state index in [4.69, 9.17) is 27.4 Å². The van der Waals surface area contributed by atoms with Crippen molar-refractivity contribution in [1.29, 1.82) is 0 Å². The minimum absolute atomic E-state index is 0.0920. The van der Waals surface area contributed by atoms with Crippen LogP contribution in [0.1, 0.15) is 0 Å². The lowest BCUT2D eigenvalue weighted by molar-refractivity contribution is 0.587. The SMILES string of the molecule is NC(N)=Nc1ccc(N=C(N)N)o1. The van der Waals surface area contributed by atoms with Crippen molar-refractivity contribution in [2.75, 3.05) is 0 Å². The molecule has 0 saturated carbocycles. The van der Waals surface area contributed by atoms with Gasteiger partial charge in [-0.2, -0.15) is 9.98 Å². The van der Waals surface area contributed by atoms with Crippen LogP contribution >= 0.6 is 0 Å². The van der Waals surface area contributed by atoms with E-state index in [9.17, 15) is 0 Å². The summed E-state index contributed by atoms with van der Waals surface area (Å²) in [5.41, 5.74) is 20.5. The van der Waals surface area contributed by atoms with Gasteiger partial charge in [-0.3, -0.25) is 0 Å². The van der Waals surface area contributed by atoms with Gasteiger partial charge in [0.2, 0.25) is 11.8 Å². The minimum Gasteiger partial charge on any atom is -0.420 e.